The van der Waals surface area contributed by atoms with E-state index in [1.807, 2.05) is 6.08 Å². The highest BCUT2D eigenvalue weighted by atomic mass is 79.9. The van der Waals surface area contributed by atoms with Gasteiger partial charge in [0.1, 0.15) is 0 Å². The van der Waals surface area contributed by atoms with Crippen molar-refractivity contribution in [2.75, 3.05) is 11.9 Å². The van der Waals surface area contributed by atoms with Crippen molar-refractivity contribution in [3.63, 3.8) is 0 Å². The van der Waals surface area contributed by atoms with E-state index >= 15 is 0 Å². The maximum absolute atomic E-state index is 8.84. The highest BCUT2D eigenvalue weighted by Crippen LogP contribution is 2.22. The van der Waals surface area contributed by atoms with Gasteiger partial charge in [-0.05, 0) is 43.9 Å². The molecule has 0 heterocycles. The van der Waals surface area contributed by atoms with Crippen LogP contribution in [0.5, 0.6) is 0 Å². The third kappa shape index (κ3) is 13.8. The van der Waals surface area contributed by atoms with E-state index < -0.39 is 0 Å². The molecule has 0 bridgehead atoms. The summed E-state index contributed by atoms with van der Waals surface area (Å²) in [5.74, 6) is 2.57. The Labute approximate surface area is 148 Å². The zero-order valence-corrected chi connectivity index (χ0v) is 17.0. The van der Waals surface area contributed by atoms with Crippen LogP contribution in [0.3, 0.4) is 0 Å². The molecule has 2 heteroatoms. The van der Waals surface area contributed by atoms with Gasteiger partial charge in [0.05, 0.1) is 6.61 Å². The number of allylic oxidation sites excluding steroid dienone is 1. The molecule has 0 aliphatic heterocycles. The largest absolute Gasteiger partial charge is 0.392 e. The molecule has 0 saturated carbocycles. The SMILES string of the molecule is C/C(=C\CO)CCC[C@H](C)CCC[C@H](C)CCCC(C)CBr. The zero-order chi connectivity index (χ0) is 16.8. The van der Waals surface area contributed by atoms with Crippen molar-refractivity contribution < 1.29 is 5.11 Å². The Morgan fingerprint density at radius 3 is 1.77 bits per heavy atom. The number of halogens is 1. The lowest BCUT2D eigenvalue weighted by molar-refractivity contribution is 0.341. The van der Waals surface area contributed by atoms with Crippen LogP contribution >= 0.6 is 15.9 Å². The van der Waals surface area contributed by atoms with Gasteiger partial charge in [-0.3, -0.25) is 0 Å². The van der Waals surface area contributed by atoms with Gasteiger partial charge in [0, 0.05) is 5.33 Å². The normalized spacial score (nSPS) is 16.5. The monoisotopic (exact) mass is 374 g/mol. The van der Waals surface area contributed by atoms with E-state index in [0.717, 1.165) is 29.5 Å². The van der Waals surface area contributed by atoms with Crippen molar-refractivity contribution in [2.45, 2.75) is 85.5 Å². The first-order valence-electron chi connectivity index (χ1n) is 9.32. The van der Waals surface area contributed by atoms with E-state index in [4.69, 9.17) is 5.11 Å². The first kappa shape index (κ1) is 22.2. The van der Waals surface area contributed by atoms with Crippen LogP contribution in [-0.2, 0) is 0 Å². The maximum atomic E-state index is 8.84. The molecule has 0 saturated heterocycles. The van der Waals surface area contributed by atoms with Crippen molar-refractivity contribution in [2.24, 2.45) is 17.8 Å². The summed E-state index contributed by atoms with van der Waals surface area (Å²) in [5.41, 5.74) is 1.33. The minimum absolute atomic E-state index is 0.188. The van der Waals surface area contributed by atoms with Crippen LogP contribution in [0.4, 0.5) is 0 Å². The molecular formula is C20H39BrO. The van der Waals surface area contributed by atoms with Crippen LogP contribution in [0.1, 0.15) is 85.5 Å². The lowest BCUT2D eigenvalue weighted by Crippen LogP contribution is -2.01. The minimum Gasteiger partial charge on any atom is -0.392 e. The van der Waals surface area contributed by atoms with E-state index in [1.54, 1.807) is 0 Å². The summed E-state index contributed by atoms with van der Waals surface area (Å²) in [4.78, 5) is 0. The predicted octanol–water partition coefficient (Wildman–Crippen LogP) is 6.74. The Balaban J connectivity index is 3.54. The third-order valence-electron chi connectivity index (χ3n) is 4.76. The van der Waals surface area contributed by atoms with E-state index in [1.165, 1.54) is 56.9 Å². The van der Waals surface area contributed by atoms with Crippen LogP contribution in [0.25, 0.3) is 0 Å². The van der Waals surface area contributed by atoms with Gasteiger partial charge in [0.25, 0.3) is 0 Å². The predicted molar refractivity (Wildman–Crippen MR) is 104 cm³/mol. The highest BCUT2D eigenvalue weighted by molar-refractivity contribution is 9.09. The molecule has 132 valence electrons. The van der Waals surface area contributed by atoms with Crippen molar-refractivity contribution >= 4 is 15.9 Å². The van der Waals surface area contributed by atoms with E-state index in [2.05, 4.69) is 43.6 Å². The van der Waals surface area contributed by atoms with Gasteiger partial charge < -0.3 is 5.11 Å². The number of hydrogen-bond donors (Lipinski definition) is 1. The van der Waals surface area contributed by atoms with E-state index in [0.29, 0.717) is 0 Å². The van der Waals surface area contributed by atoms with Crippen LogP contribution in [0, 0.1) is 17.8 Å². The zero-order valence-electron chi connectivity index (χ0n) is 15.4. The summed E-state index contributed by atoms with van der Waals surface area (Å²) in [5, 5.41) is 9.99. The van der Waals surface area contributed by atoms with E-state index in [-0.39, 0.29) is 6.61 Å². The fourth-order valence-corrected chi connectivity index (χ4v) is 3.31. The Kier molecular flexibility index (Phi) is 14.9. The fourth-order valence-electron chi connectivity index (χ4n) is 2.98. The number of rotatable bonds is 14. The van der Waals surface area contributed by atoms with Crippen molar-refractivity contribution in [1.29, 1.82) is 0 Å². The van der Waals surface area contributed by atoms with Crippen LogP contribution in [-0.4, -0.2) is 17.0 Å². The maximum Gasteiger partial charge on any atom is 0.0614 e. The lowest BCUT2D eigenvalue weighted by Gasteiger charge is -2.15. The Morgan fingerprint density at radius 2 is 1.32 bits per heavy atom. The first-order valence-corrected chi connectivity index (χ1v) is 10.4. The van der Waals surface area contributed by atoms with Crippen molar-refractivity contribution in [3.05, 3.63) is 11.6 Å². The quantitative estimate of drug-likeness (QED) is 0.263. The Bertz CT molecular complexity index is 275. The average Bonchev–Trinajstić information content (AvgIpc) is 2.47. The van der Waals surface area contributed by atoms with Gasteiger partial charge in [0.2, 0.25) is 0 Å². The number of alkyl halides is 1. The summed E-state index contributed by atoms with van der Waals surface area (Å²) in [6, 6.07) is 0. The van der Waals surface area contributed by atoms with Crippen LogP contribution in [0.2, 0.25) is 0 Å². The fraction of sp³-hybridized carbons (Fsp3) is 0.900. The molecule has 1 nitrogen and oxygen atoms in total. The molecule has 22 heavy (non-hydrogen) atoms. The average molecular weight is 375 g/mol. The summed E-state index contributed by atoms with van der Waals surface area (Å²) in [6.45, 7) is 9.46. The summed E-state index contributed by atoms with van der Waals surface area (Å²) in [6.07, 6.45) is 14.0. The van der Waals surface area contributed by atoms with Gasteiger partial charge in [0.15, 0.2) is 0 Å². The second-order valence-corrected chi connectivity index (χ2v) is 8.10. The Morgan fingerprint density at radius 1 is 0.864 bits per heavy atom. The number of aliphatic hydroxyl groups is 1. The molecule has 0 aromatic heterocycles. The second-order valence-electron chi connectivity index (χ2n) is 7.46. The molecule has 0 aliphatic rings. The van der Waals surface area contributed by atoms with Gasteiger partial charge in [-0.15, -0.1) is 0 Å². The molecule has 0 fully saturated rings. The molecule has 0 radical (unpaired) electrons. The molecule has 0 rings (SSSR count). The topological polar surface area (TPSA) is 20.2 Å². The number of hydrogen-bond acceptors (Lipinski definition) is 1. The molecule has 1 N–H and O–H groups in total. The van der Waals surface area contributed by atoms with Crippen LogP contribution < -0.4 is 0 Å². The Hall–Kier alpha value is 0.180. The third-order valence-corrected chi connectivity index (χ3v) is 5.86. The van der Waals surface area contributed by atoms with Gasteiger partial charge in [-0.25, -0.2) is 0 Å². The summed E-state index contributed by atoms with van der Waals surface area (Å²) < 4.78 is 0. The van der Waals surface area contributed by atoms with Gasteiger partial charge in [-0.2, -0.15) is 0 Å². The van der Waals surface area contributed by atoms with E-state index in [9.17, 15) is 0 Å². The summed E-state index contributed by atoms with van der Waals surface area (Å²) in [7, 11) is 0. The molecule has 0 aromatic rings. The smallest absolute Gasteiger partial charge is 0.0614 e. The molecule has 0 amide bonds. The minimum atomic E-state index is 0.188. The molecule has 3 atom stereocenters. The van der Waals surface area contributed by atoms with Crippen molar-refractivity contribution in [1.82, 2.24) is 0 Å². The molecule has 1 unspecified atom stereocenters. The molecule has 0 aromatic carbocycles. The second kappa shape index (κ2) is 14.8. The first-order chi connectivity index (χ1) is 10.5. The standard InChI is InChI=1S/C20H39BrO/c1-17(10-6-12-19(3)14-15-22)8-5-9-18(2)11-7-13-20(4)16-21/h14,17-18,20,22H,5-13,15-16H2,1-4H3/b19-14+/t17-,18+,20?/m1/s1. The molecule has 0 spiro atoms. The lowest BCUT2D eigenvalue weighted by atomic mass is 9.91. The summed E-state index contributed by atoms with van der Waals surface area (Å²) >= 11 is 3.56. The van der Waals surface area contributed by atoms with Crippen LogP contribution in [0.15, 0.2) is 11.6 Å². The van der Waals surface area contributed by atoms with Gasteiger partial charge >= 0.3 is 0 Å². The highest BCUT2D eigenvalue weighted by Gasteiger charge is 2.07. The van der Waals surface area contributed by atoms with Gasteiger partial charge in [-0.1, -0.05) is 86.9 Å². The van der Waals surface area contributed by atoms with Crippen molar-refractivity contribution in [3.8, 4) is 0 Å². The number of aliphatic hydroxyl groups excluding tert-OH is 1. The molecule has 0 aliphatic carbocycles. The molecular weight excluding hydrogens is 336 g/mol.